The van der Waals surface area contributed by atoms with Gasteiger partial charge in [0.15, 0.2) is 35.9 Å². The number of primary amides is 1. The SMILES string of the molecule is NC(=O)c1ccc[n+]([C@@H]2O[C@H](COP(=O)([O-])OP(=O)([O-])OC[C@H]3O[C@@H](n4cnc5c(=O)[nH]cnc54)[C@H](OP(=O)([O-])O)[C@@H]3O)[C@@H](O)[C@H]2O)c1.[Na+].[Na+]. The second-order valence-corrected chi connectivity index (χ2v) is 14.3. The molecule has 0 bridgehead atoms. The number of ether oxygens (including phenoxy) is 2. The number of nitrogens with two attached hydrogens (primary N) is 1. The van der Waals surface area contributed by atoms with Crippen molar-refractivity contribution < 1.29 is 144 Å². The molecule has 5 rings (SSSR count). The summed E-state index contributed by atoms with van der Waals surface area (Å²) >= 11 is 0. The second-order valence-electron chi connectivity index (χ2n) is 10.2. The third-order valence-corrected chi connectivity index (χ3v) is 9.98. The van der Waals surface area contributed by atoms with Gasteiger partial charge in [-0.25, -0.2) is 14.3 Å². The monoisotopic (exact) mass is 788 g/mol. The van der Waals surface area contributed by atoms with Gasteiger partial charge >= 0.3 is 59.1 Å². The molecule has 264 valence electrons. The van der Waals surface area contributed by atoms with Gasteiger partial charge in [0.05, 0.1) is 25.9 Å². The number of aromatic nitrogens is 5. The van der Waals surface area contributed by atoms with Gasteiger partial charge in [-0.1, -0.05) is 0 Å². The minimum absolute atomic E-state index is 0. The number of hydrogen-bond acceptors (Lipinski definition) is 19. The number of aliphatic hydroxyl groups is 3. The molecule has 2 saturated heterocycles. The molecule has 2 aliphatic rings. The number of imidazole rings is 1. The first-order valence-electron chi connectivity index (χ1n) is 13.3. The third kappa shape index (κ3) is 10.2. The van der Waals surface area contributed by atoms with E-state index in [-0.39, 0.29) is 75.8 Å². The Bertz CT molecular complexity index is 1880. The number of aliphatic hydroxyl groups excluding tert-OH is 3. The molecule has 3 aromatic rings. The number of nitrogens with one attached hydrogen (secondary N) is 1. The average molecular weight is 788 g/mol. The van der Waals surface area contributed by atoms with Crippen LogP contribution in [0.15, 0.2) is 42.0 Å². The number of amides is 1. The number of fused-ring (bicyclic) bond motifs is 1. The molecule has 7 N–H and O–H groups in total. The Hall–Kier alpha value is -0.860. The maximum Gasteiger partial charge on any atom is 1.00 e. The topological polar surface area (TPSA) is 367 Å². The number of carbonyl (C=O) groups excluding carboxylic acids is 1. The Morgan fingerprint density at radius 3 is 2.24 bits per heavy atom. The van der Waals surface area contributed by atoms with Crippen molar-refractivity contribution in [2.45, 2.75) is 49.1 Å². The van der Waals surface area contributed by atoms with Gasteiger partial charge in [-0.05, 0) is 6.07 Å². The molecule has 2 aliphatic heterocycles. The number of hydrogen-bond donors (Lipinski definition) is 6. The van der Waals surface area contributed by atoms with Crippen molar-refractivity contribution >= 4 is 40.5 Å². The normalized spacial score (nSPS) is 30.1. The summed E-state index contributed by atoms with van der Waals surface area (Å²) in [5.74, 6) is -0.812. The summed E-state index contributed by atoms with van der Waals surface area (Å²) < 4.78 is 66.7. The van der Waals surface area contributed by atoms with Crippen molar-refractivity contribution in [3.8, 4) is 0 Å². The second kappa shape index (κ2) is 17.1. The zero-order chi connectivity index (χ0) is 35.2. The quantitative estimate of drug-likeness (QED) is 0.0532. The number of aromatic amines is 1. The van der Waals surface area contributed by atoms with Crippen LogP contribution in [0.3, 0.4) is 0 Å². The summed E-state index contributed by atoms with van der Waals surface area (Å²) in [7, 11) is -17.3. The zero-order valence-electron chi connectivity index (χ0n) is 25.7. The fourth-order valence-corrected chi connectivity index (χ4v) is 7.36. The van der Waals surface area contributed by atoms with Crippen LogP contribution in [0, 0.1) is 0 Å². The summed E-state index contributed by atoms with van der Waals surface area (Å²) in [6.07, 6.45) is -9.43. The minimum atomic E-state index is -5.87. The smallest absolute Gasteiger partial charge is 0.756 e. The van der Waals surface area contributed by atoms with E-state index in [2.05, 4.69) is 32.8 Å². The van der Waals surface area contributed by atoms with Crippen LogP contribution in [-0.4, -0.2) is 95.5 Å². The van der Waals surface area contributed by atoms with Gasteiger partial charge in [0.25, 0.3) is 41.2 Å². The van der Waals surface area contributed by atoms with Crippen molar-refractivity contribution in [1.82, 2.24) is 19.5 Å². The molecule has 1 amide bonds. The van der Waals surface area contributed by atoms with Crippen LogP contribution >= 0.6 is 23.5 Å². The van der Waals surface area contributed by atoms with E-state index in [0.29, 0.717) is 0 Å². The third-order valence-electron chi connectivity index (χ3n) is 6.94. The molecular weight excluding hydrogens is 763 g/mol. The summed E-state index contributed by atoms with van der Waals surface area (Å²) in [6.45, 7) is -2.28. The molecule has 3 aromatic heterocycles. The molecule has 0 spiro atoms. The first-order chi connectivity index (χ1) is 22.4. The van der Waals surface area contributed by atoms with E-state index >= 15 is 0 Å². The molecule has 0 saturated carbocycles. The fraction of sp³-hybridized carbons (Fsp3) is 0.476. The Balaban J connectivity index is 0.00000338. The summed E-state index contributed by atoms with van der Waals surface area (Å²) in [4.78, 5) is 78.8. The van der Waals surface area contributed by atoms with Crippen LogP contribution in [0.1, 0.15) is 22.8 Å². The first-order valence-corrected chi connectivity index (χ1v) is 17.7. The van der Waals surface area contributed by atoms with Crippen LogP contribution in [0.4, 0.5) is 0 Å². The summed E-state index contributed by atoms with van der Waals surface area (Å²) in [5, 5.41) is 31.4. The molecule has 3 unspecified atom stereocenters. The Kier molecular flexibility index (Phi) is 14.9. The van der Waals surface area contributed by atoms with Crippen LogP contribution in [0.5, 0.6) is 0 Å². The van der Waals surface area contributed by atoms with E-state index in [4.69, 9.17) is 15.2 Å². The van der Waals surface area contributed by atoms with Gasteiger partial charge in [0, 0.05) is 6.07 Å². The van der Waals surface area contributed by atoms with E-state index in [9.17, 15) is 58.2 Å². The van der Waals surface area contributed by atoms with Crippen molar-refractivity contribution in [2.75, 3.05) is 13.2 Å². The standard InChI is InChI=1S/C21H27N6O18P3.2Na/c22-17(31)9-2-1-3-26(4-9)20-15(30)13(28)10(42-20)5-40-47(36,37)45-48(38,39)41-6-11-14(29)16(44-46(33,34)35)21(43-11)27-8-25-12-18(27)23-7-24-19(12)32;;/h1-4,7-8,10-11,13-16,20-21,28-30H,5-6H2,(H6-,22,23,24,31,32,33,34,35,36,37,38,39);;/q;2*+1/p-2/t10-,11-,13-,14-,15-,16-,20-,21-;;/m1../s1. The Labute approximate surface area is 323 Å². The van der Waals surface area contributed by atoms with E-state index in [1.54, 1.807) is 0 Å². The molecule has 5 heterocycles. The number of phosphoric acid groups is 3. The molecule has 0 aliphatic carbocycles. The van der Waals surface area contributed by atoms with Gasteiger partial charge in [-0.15, -0.1) is 0 Å². The predicted octanol–water partition coefficient (Wildman–Crippen LogP) is -11.1. The maximum atomic E-state index is 12.4. The van der Waals surface area contributed by atoms with Gasteiger partial charge in [-0.3, -0.25) is 27.9 Å². The van der Waals surface area contributed by atoms with Gasteiger partial charge < -0.3 is 68.7 Å². The van der Waals surface area contributed by atoms with Crippen LogP contribution in [-0.2, 0) is 41.1 Å². The van der Waals surface area contributed by atoms with Crippen LogP contribution in [0.2, 0.25) is 0 Å². The molecule has 24 nitrogen and oxygen atoms in total. The molecule has 11 atom stereocenters. The molecular formula is C21H25N6Na2O18P3. The summed E-state index contributed by atoms with van der Waals surface area (Å²) in [5.41, 5.74) is 4.09. The van der Waals surface area contributed by atoms with Gasteiger partial charge in [0.2, 0.25) is 0 Å². The van der Waals surface area contributed by atoms with Crippen molar-refractivity contribution in [3.63, 3.8) is 0 Å². The van der Waals surface area contributed by atoms with Crippen molar-refractivity contribution in [3.05, 3.63) is 53.1 Å². The predicted molar refractivity (Wildman–Crippen MR) is 142 cm³/mol. The molecule has 0 aromatic carbocycles. The molecule has 50 heavy (non-hydrogen) atoms. The van der Waals surface area contributed by atoms with E-state index in [1.807, 2.05) is 0 Å². The fourth-order valence-electron chi connectivity index (χ4n) is 4.81. The number of H-pyrrole nitrogens is 1. The van der Waals surface area contributed by atoms with Gasteiger partial charge in [-0.2, -0.15) is 4.57 Å². The number of pyridine rings is 1. The maximum absolute atomic E-state index is 12.4. The zero-order valence-corrected chi connectivity index (χ0v) is 32.4. The summed E-state index contributed by atoms with van der Waals surface area (Å²) in [6, 6.07) is 2.74. The van der Waals surface area contributed by atoms with Gasteiger partial charge in [0.1, 0.15) is 36.1 Å². The van der Waals surface area contributed by atoms with E-state index in [1.165, 1.54) is 29.1 Å². The Morgan fingerprint density at radius 2 is 1.64 bits per heavy atom. The Morgan fingerprint density at radius 1 is 1.02 bits per heavy atom. The number of nitrogens with zero attached hydrogens (tertiary/aromatic N) is 4. The van der Waals surface area contributed by atoms with Crippen LogP contribution < -0.4 is 89.7 Å². The molecule has 0 radical (unpaired) electrons. The minimum Gasteiger partial charge on any atom is -0.756 e. The number of phosphoric ester groups is 3. The molecule has 29 heteroatoms. The first kappa shape index (κ1) is 43.5. The number of carbonyl (C=O) groups is 1. The average Bonchev–Trinajstić information content (AvgIpc) is 3.64. The van der Waals surface area contributed by atoms with E-state index < -0.39 is 97.2 Å². The number of rotatable bonds is 13. The van der Waals surface area contributed by atoms with E-state index in [0.717, 1.165) is 17.2 Å². The van der Waals surface area contributed by atoms with Crippen molar-refractivity contribution in [2.24, 2.45) is 5.73 Å². The molecule has 2 fully saturated rings. The van der Waals surface area contributed by atoms with Crippen LogP contribution in [0.25, 0.3) is 11.2 Å². The van der Waals surface area contributed by atoms with Crippen molar-refractivity contribution in [1.29, 1.82) is 0 Å². The largest absolute Gasteiger partial charge is 1.00 e.